The maximum atomic E-state index is 13.2. The summed E-state index contributed by atoms with van der Waals surface area (Å²) < 4.78 is 14.9. The average Bonchev–Trinajstić information content (AvgIpc) is 2.56. The van der Waals surface area contributed by atoms with Gasteiger partial charge in [-0.3, -0.25) is 20.3 Å². The molecule has 0 spiro atoms. The number of benzene rings is 1. The highest BCUT2D eigenvalue weighted by atomic mass is 19.1. The van der Waals surface area contributed by atoms with E-state index in [1.807, 2.05) is 6.07 Å². The fourth-order valence-corrected chi connectivity index (χ4v) is 2.76. The lowest BCUT2D eigenvalue weighted by Gasteiger charge is -2.27. The van der Waals surface area contributed by atoms with Gasteiger partial charge in [-0.2, -0.15) is 4.57 Å². The molecule has 0 radical (unpaired) electrons. The molecule has 2 N–H and O–H groups in total. The Hall–Kier alpha value is -3.11. The van der Waals surface area contributed by atoms with Crippen LogP contribution in [-0.4, -0.2) is 17.7 Å². The summed E-state index contributed by atoms with van der Waals surface area (Å²) in [6.07, 6.45) is 3.41. The van der Waals surface area contributed by atoms with Gasteiger partial charge in [-0.15, -0.1) is 0 Å². The predicted octanol–water partition coefficient (Wildman–Crippen LogP) is 1.27. The molecule has 2 amide bonds. The van der Waals surface area contributed by atoms with Gasteiger partial charge in [0, 0.05) is 12.1 Å². The fourth-order valence-electron chi connectivity index (χ4n) is 2.76. The Balaban J connectivity index is 2.17. The molecule has 2 atom stereocenters. The maximum Gasteiger partial charge on any atom is 0.296 e. The Kier molecular flexibility index (Phi) is 3.83. The molecule has 0 saturated carbocycles. The van der Waals surface area contributed by atoms with Gasteiger partial charge in [0.15, 0.2) is 12.4 Å². The number of pyridine rings is 1. The third-order valence-electron chi connectivity index (χ3n) is 3.80. The minimum absolute atomic E-state index is 0.0394. The molecule has 1 aliphatic heterocycles. The Morgan fingerprint density at radius 3 is 2.35 bits per heavy atom. The van der Waals surface area contributed by atoms with Gasteiger partial charge in [0.2, 0.25) is 6.04 Å². The number of carbonyl (C=O) groups is 2. The van der Waals surface area contributed by atoms with E-state index in [2.05, 4.69) is 11.2 Å². The van der Waals surface area contributed by atoms with E-state index in [1.165, 1.54) is 24.3 Å². The number of carbonyl (C=O) groups excluding carboxylic acids is 2. The molecule has 2 heterocycles. The first-order chi connectivity index (χ1) is 11.1. The minimum atomic E-state index is -0.757. The summed E-state index contributed by atoms with van der Waals surface area (Å²) in [5, 5.41) is 9.67. The van der Waals surface area contributed by atoms with Crippen molar-refractivity contribution in [2.24, 2.45) is 0 Å². The van der Waals surface area contributed by atoms with Crippen molar-refractivity contribution in [2.45, 2.75) is 12.0 Å². The highest BCUT2D eigenvalue weighted by molar-refractivity contribution is 6.13. The molecule has 1 saturated heterocycles. The van der Waals surface area contributed by atoms with Crippen LogP contribution >= 0.6 is 0 Å². The first-order valence-electron chi connectivity index (χ1n) is 6.98. The molecule has 0 unspecified atom stereocenters. The number of hydrogen-bond acceptors (Lipinski definition) is 3. The van der Waals surface area contributed by atoms with Crippen LogP contribution in [-0.2, 0) is 9.59 Å². The fraction of sp³-hybridized carbons (Fsp3) is 0.118. The van der Waals surface area contributed by atoms with Crippen LogP contribution in [0, 0.1) is 11.2 Å². The van der Waals surface area contributed by atoms with Crippen molar-refractivity contribution in [3.8, 4) is 0 Å². The molecule has 1 aliphatic rings. The van der Waals surface area contributed by atoms with Gasteiger partial charge in [-0.1, -0.05) is 18.2 Å². The number of hydrogen-bond donors (Lipinski definition) is 2. The Bertz CT molecular complexity index is 811. The molecule has 1 aromatic carbocycles. The smallest absolute Gasteiger partial charge is 0.286 e. The second-order valence-electron chi connectivity index (χ2n) is 5.15. The monoisotopic (exact) mass is 310 g/mol. The van der Waals surface area contributed by atoms with Crippen LogP contribution in [0.25, 0.3) is 0 Å². The van der Waals surface area contributed by atoms with Gasteiger partial charge < -0.3 is 0 Å². The average molecular weight is 310 g/mol. The standard InChI is InChI=1S/C17H12FN3O2/c18-12-6-4-11(5-7-12)14-13(10-19)16(22)20-17(23)15(14)21-8-2-1-3-9-21/h1-9,14-15,19H/p+1/t14-,15+/m0/s1. The predicted molar refractivity (Wildman–Crippen MR) is 79.2 cm³/mol. The molecule has 5 nitrogen and oxygen atoms in total. The van der Waals surface area contributed by atoms with Crippen LogP contribution in [0.2, 0.25) is 0 Å². The highest BCUT2D eigenvalue weighted by Gasteiger charge is 2.47. The number of nitrogens with zero attached hydrogens (tertiary/aromatic N) is 1. The van der Waals surface area contributed by atoms with Crippen molar-refractivity contribution in [1.29, 1.82) is 5.41 Å². The lowest BCUT2D eigenvalue weighted by atomic mass is 9.81. The van der Waals surface area contributed by atoms with Crippen LogP contribution in [0.1, 0.15) is 17.5 Å². The number of rotatable bonds is 2. The highest BCUT2D eigenvalue weighted by Crippen LogP contribution is 2.34. The maximum absolute atomic E-state index is 13.2. The zero-order valence-electron chi connectivity index (χ0n) is 12.0. The second kappa shape index (κ2) is 5.94. The van der Waals surface area contributed by atoms with Crippen molar-refractivity contribution in [1.82, 2.24) is 5.32 Å². The lowest BCUT2D eigenvalue weighted by molar-refractivity contribution is -0.711. The number of nitrogens with one attached hydrogen (secondary N) is 2. The third kappa shape index (κ3) is 2.67. The van der Waals surface area contributed by atoms with E-state index in [1.54, 1.807) is 29.1 Å². The number of aromatic nitrogens is 1. The van der Waals surface area contributed by atoms with Crippen molar-refractivity contribution in [3.05, 3.63) is 71.8 Å². The summed E-state index contributed by atoms with van der Waals surface area (Å²) in [7, 11) is 0. The second-order valence-corrected chi connectivity index (χ2v) is 5.15. The quantitative estimate of drug-likeness (QED) is 0.379. The van der Waals surface area contributed by atoms with Crippen molar-refractivity contribution in [2.75, 3.05) is 0 Å². The summed E-state index contributed by atoms with van der Waals surface area (Å²) in [5.41, 5.74) is 0.614. The van der Waals surface area contributed by atoms with Gasteiger partial charge in [0.05, 0.1) is 11.5 Å². The minimum Gasteiger partial charge on any atom is -0.286 e. The van der Waals surface area contributed by atoms with E-state index in [-0.39, 0.29) is 5.57 Å². The summed E-state index contributed by atoms with van der Waals surface area (Å²) in [5.74, 6) is -0.105. The Morgan fingerprint density at radius 1 is 1.09 bits per heavy atom. The van der Waals surface area contributed by atoms with Gasteiger partial charge in [0.25, 0.3) is 11.8 Å². The van der Waals surface area contributed by atoms with Crippen LogP contribution < -0.4 is 9.88 Å². The molecule has 23 heavy (non-hydrogen) atoms. The molecular weight excluding hydrogens is 297 g/mol. The number of halogens is 1. The number of piperidine rings is 1. The van der Waals surface area contributed by atoms with E-state index in [0.717, 1.165) is 0 Å². The van der Waals surface area contributed by atoms with Crippen molar-refractivity contribution in [3.63, 3.8) is 0 Å². The van der Waals surface area contributed by atoms with Crippen LogP contribution in [0.5, 0.6) is 0 Å². The number of imide groups is 1. The molecule has 6 heteroatoms. The topological polar surface area (TPSA) is 73.9 Å². The van der Waals surface area contributed by atoms with Crippen LogP contribution in [0.15, 0.2) is 60.4 Å². The van der Waals surface area contributed by atoms with Gasteiger partial charge >= 0.3 is 0 Å². The molecule has 1 fully saturated rings. The molecule has 2 aromatic rings. The van der Waals surface area contributed by atoms with Crippen molar-refractivity contribution < 1.29 is 18.5 Å². The third-order valence-corrected chi connectivity index (χ3v) is 3.80. The van der Waals surface area contributed by atoms with Crippen molar-refractivity contribution >= 4 is 17.7 Å². The van der Waals surface area contributed by atoms with E-state index >= 15 is 0 Å². The van der Waals surface area contributed by atoms with Crippen LogP contribution in [0.3, 0.4) is 0 Å². The number of amides is 2. The summed E-state index contributed by atoms with van der Waals surface area (Å²) >= 11 is 0. The Morgan fingerprint density at radius 2 is 1.74 bits per heavy atom. The van der Waals surface area contributed by atoms with E-state index in [4.69, 9.17) is 5.41 Å². The molecule has 0 aliphatic carbocycles. The lowest BCUT2D eigenvalue weighted by Crippen LogP contribution is -2.57. The first kappa shape index (κ1) is 14.8. The molecule has 3 rings (SSSR count). The first-order valence-corrected chi connectivity index (χ1v) is 6.98. The SMILES string of the molecule is N=C=C1C(=O)NC(=O)[C@H]([n+]2ccccc2)[C@H]1c1ccc(F)cc1. The summed E-state index contributed by atoms with van der Waals surface area (Å²) in [6.45, 7) is 0. The van der Waals surface area contributed by atoms with Gasteiger partial charge in [-0.05, 0) is 23.6 Å². The zero-order chi connectivity index (χ0) is 16.4. The molecule has 0 bridgehead atoms. The molecule has 114 valence electrons. The largest absolute Gasteiger partial charge is 0.296 e. The van der Waals surface area contributed by atoms with E-state index in [0.29, 0.717) is 5.56 Å². The van der Waals surface area contributed by atoms with E-state index < -0.39 is 29.6 Å². The van der Waals surface area contributed by atoms with Crippen LogP contribution in [0.4, 0.5) is 4.39 Å². The van der Waals surface area contributed by atoms with E-state index in [9.17, 15) is 14.0 Å². The normalized spacial score (nSPS) is 20.8. The Labute approximate surface area is 131 Å². The zero-order valence-corrected chi connectivity index (χ0v) is 12.0. The summed E-state index contributed by atoms with van der Waals surface area (Å²) in [4.78, 5) is 24.4. The molecular formula is C17H13FN3O2+. The molecule has 1 aromatic heterocycles. The van der Waals surface area contributed by atoms with Gasteiger partial charge in [-0.25, -0.2) is 4.39 Å². The van der Waals surface area contributed by atoms with Gasteiger partial charge in [0.1, 0.15) is 5.82 Å². The summed E-state index contributed by atoms with van der Waals surface area (Å²) in [6, 6.07) is 10.1.